The van der Waals surface area contributed by atoms with Crippen LogP contribution in [0.15, 0.2) is 12.3 Å². The van der Waals surface area contributed by atoms with Crippen LogP contribution in [0.5, 0.6) is 0 Å². The van der Waals surface area contributed by atoms with Crippen LogP contribution < -0.4 is 0 Å². The van der Waals surface area contributed by atoms with Gasteiger partial charge >= 0.3 is 0 Å². The summed E-state index contributed by atoms with van der Waals surface area (Å²) in [4.78, 5) is 3.48. The number of halogens is 4. The third-order valence-electron chi connectivity index (χ3n) is 1.32. The molecule has 0 aliphatic rings. The standard InChI is InChI=1S/C7H5BrClF2N/c8-2-4-1-6(7(10)11)12-3-5(4)9/h1,3,7H,2H2. The van der Waals surface area contributed by atoms with Gasteiger partial charge in [0, 0.05) is 11.5 Å². The van der Waals surface area contributed by atoms with E-state index in [1.54, 1.807) is 0 Å². The molecular weight excluding hydrogens is 251 g/mol. The van der Waals surface area contributed by atoms with Gasteiger partial charge in [0.05, 0.1) is 5.02 Å². The van der Waals surface area contributed by atoms with Crippen molar-refractivity contribution in [2.24, 2.45) is 0 Å². The summed E-state index contributed by atoms with van der Waals surface area (Å²) in [5, 5.41) is 0.852. The lowest BCUT2D eigenvalue weighted by Gasteiger charge is -2.02. The van der Waals surface area contributed by atoms with Gasteiger partial charge in [-0.2, -0.15) is 0 Å². The molecule has 1 heterocycles. The van der Waals surface area contributed by atoms with E-state index >= 15 is 0 Å². The quantitative estimate of drug-likeness (QED) is 0.737. The summed E-state index contributed by atoms with van der Waals surface area (Å²) in [6, 6.07) is 1.29. The fourth-order valence-electron chi connectivity index (χ4n) is 0.721. The monoisotopic (exact) mass is 255 g/mol. The molecule has 0 fully saturated rings. The first kappa shape index (κ1) is 9.86. The number of aromatic nitrogens is 1. The lowest BCUT2D eigenvalue weighted by Crippen LogP contribution is -1.92. The van der Waals surface area contributed by atoms with Gasteiger partial charge in [-0.05, 0) is 11.6 Å². The lowest BCUT2D eigenvalue weighted by atomic mass is 10.2. The Labute approximate surface area is 81.9 Å². The van der Waals surface area contributed by atoms with Gasteiger partial charge in [0.25, 0.3) is 6.43 Å². The highest BCUT2D eigenvalue weighted by atomic mass is 79.9. The number of rotatable bonds is 2. The molecule has 66 valence electrons. The van der Waals surface area contributed by atoms with E-state index in [1.807, 2.05) is 0 Å². The number of hydrogen-bond acceptors (Lipinski definition) is 1. The van der Waals surface area contributed by atoms with Crippen molar-refractivity contribution in [3.8, 4) is 0 Å². The first-order valence-electron chi connectivity index (χ1n) is 3.13. The van der Waals surface area contributed by atoms with Gasteiger partial charge in [0.2, 0.25) is 0 Å². The number of nitrogens with zero attached hydrogens (tertiary/aromatic N) is 1. The normalized spacial score (nSPS) is 10.8. The fraction of sp³-hybridized carbons (Fsp3) is 0.286. The van der Waals surface area contributed by atoms with Gasteiger partial charge < -0.3 is 0 Å². The van der Waals surface area contributed by atoms with Crippen molar-refractivity contribution >= 4 is 27.5 Å². The Balaban J connectivity index is 3.05. The second-order valence-corrected chi connectivity index (χ2v) is 3.10. The molecule has 12 heavy (non-hydrogen) atoms. The average molecular weight is 256 g/mol. The van der Waals surface area contributed by atoms with E-state index in [0.29, 0.717) is 15.9 Å². The van der Waals surface area contributed by atoms with Crippen LogP contribution in [0.25, 0.3) is 0 Å². The minimum atomic E-state index is -2.54. The summed E-state index contributed by atoms with van der Waals surface area (Å²) in [5.74, 6) is 0. The zero-order chi connectivity index (χ0) is 9.14. The summed E-state index contributed by atoms with van der Waals surface area (Å²) in [5.41, 5.74) is 0.385. The average Bonchev–Trinajstić information content (AvgIpc) is 2.05. The second-order valence-electron chi connectivity index (χ2n) is 2.13. The smallest absolute Gasteiger partial charge is 0.254 e. The maximum atomic E-state index is 12.1. The zero-order valence-electron chi connectivity index (χ0n) is 5.90. The summed E-state index contributed by atoms with van der Waals surface area (Å²) in [6.45, 7) is 0. The Morgan fingerprint density at radius 3 is 2.75 bits per heavy atom. The first-order chi connectivity index (χ1) is 5.65. The summed E-state index contributed by atoms with van der Waals surface area (Å²) < 4.78 is 24.2. The predicted octanol–water partition coefficient (Wildman–Crippen LogP) is 3.57. The van der Waals surface area contributed by atoms with E-state index < -0.39 is 6.43 Å². The highest BCUT2D eigenvalue weighted by molar-refractivity contribution is 9.08. The second kappa shape index (κ2) is 4.14. The van der Waals surface area contributed by atoms with Crippen LogP contribution in [0.3, 0.4) is 0 Å². The van der Waals surface area contributed by atoms with Gasteiger partial charge in [-0.1, -0.05) is 27.5 Å². The van der Waals surface area contributed by atoms with Gasteiger partial charge in [0.1, 0.15) is 5.69 Å². The van der Waals surface area contributed by atoms with Crippen LogP contribution in [-0.2, 0) is 5.33 Å². The first-order valence-corrected chi connectivity index (χ1v) is 4.63. The molecule has 0 unspecified atom stereocenters. The van der Waals surface area contributed by atoms with Crippen molar-refractivity contribution in [1.29, 1.82) is 0 Å². The summed E-state index contributed by atoms with van der Waals surface area (Å²) in [6.07, 6.45) is -1.31. The third-order valence-corrected chi connectivity index (χ3v) is 2.27. The molecule has 0 spiro atoms. The van der Waals surface area contributed by atoms with Crippen molar-refractivity contribution in [1.82, 2.24) is 4.98 Å². The van der Waals surface area contributed by atoms with E-state index in [1.165, 1.54) is 12.3 Å². The topological polar surface area (TPSA) is 12.9 Å². The summed E-state index contributed by atoms with van der Waals surface area (Å²) >= 11 is 8.80. The Kier molecular flexibility index (Phi) is 3.40. The van der Waals surface area contributed by atoms with Crippen LogP contribution in [-0.4, -0.2) is 4.98 Å². The highest BCUT2D eigenvalue weighted by Gasteiger charge is 2.10. The Bertz CT molecular complexity index is 280. The number of pyridine rings is 1. The molecule has 0 N–H and O–H groups in total. The van der Waals surface area contributed by atoms with Gasteiger partial charge in [0.15, 0.2) is 0 Å². The molecule has 0 radical (unpaired) electrons. The molecule has 0 aliphatic heterocycles. The number of hydrogen-bond donors (Lipinski definition) is 0. The van der Waals surface area contributed by atoms with Crippen LogP contribution in [0, 0.1) is 0 Å². The van der Waals surface area contributed by atoms with Gasteiger partial charge in [-0.15, -0.1) is 0 Å². The Hall–Kier alpha value is -0.220. The van der Waals surface area contributed by atoms with E-state index in [-0.39, 0.29) is 5.69 Å². The van der Waals surface area contributed by atoms with Crippen LogP contribution >= 0.6 is 27.5 Å². The minimum Gasteiger partial charge on any atom is -0.254 e. The predicted molar refractivity (Wildman–Crippen MR) is 46.8 cm³/mol. The molecular formula is C7H5BrClF2N. The summed E-state index contributed by atoms with van der Waals surface area (Å²) in [7, 11) is 0. The molecule has 1 aromatic rings. The van der Waals surface area contributed by atoms with Crippen LogP contribution in [0.1, 0.15) is 17.7 Å². The van der Waals surface area contributed by atoms with Crippen LogP contribution in [0.4, 0.5) is 8.78 Å². The molecule has 1 nitrogen and oxygen atoms in total. The van der Waals surface area contributed by atoms with Crippen LogP contribution in [0.2, 0.25) is 5.02 Å². The maximum Gasteiger partial charge on any atom is 0.280 e. The maximum absolute atomic E-state index is 12.1. The van der Waals surface area contributed by atoms with Crippen molar-refractivity contribution in [3.05, 3.63) is 28.5 Å². The van der Waals surface area contributed by atoms with Crippen molar-refractivity contribution in [2.45, 2.75) is 11.8 Å². The molecule has 0 saturated heterocycles. The molecule has 0 aromatic carbocycles. The number of alkyl halides is 3. The third kappa shape index (κ3) is 2.14. The largest absolute Gasteiger partial charge is 0.280 e. The Morgan fingerprint density at radius 1 is 1.58 bits per heavy atom. The Morgan fingerprint density at radius 2 is 2.25 bits per heavy atom. The van der Waals surface area contributed by atoms with E-state index in [0.717, 1.165) is 0 Å². The molecule has 0 aliphatic carbocycles. The molecule has 0 atom stereocenters. The van der Waals surface area contributed by atoms with E-state index in [2.05, 4.69) is 20.9 Å². The highest BCUT2D eigenvalue weighted by Crippen LogP contribution is 2.23. The molecule has 1 rings (SSSR count). The molecule has 5 heteroatoms. The fourth-order valence-corrected chi connectivity index (χ4v) is 1.52. The minimum absolute atomic E-state index is 0.242. The van der Waals surface area contributed by atoms with E-state index in [9.17, 15) is 8.78 Å². The van der Waals surface area contributed by atoms with Crippen molar-refractivity contribution < 1.29 is 8.78 Å². The van der Waals surface area contributed by atoms with Gasteiger partial charge in [-0.3, -0.25) is 4.98 Å². The molecule has 0 amide bonds. The molecule has 0 saturated carbocycles. The molecule has 1 aromatic heterocycles. The SMILES string of the molecule is FC(F)c1cc(CBr)c(Cl)cn1. The lowest BCUT2D eigenvalue weighted by molar-refractivity contribution is 0.146. The molecule has 0 bridgehead atoms. The van der Waals surface area contributed by atoms with E-state index in [4.69, 9.17) is 11.6 Å². The van der Waals surface area contributed by atoms with Crippen molar-refractivity contribution in [3.63, 3.8) is 0 Å². The van der Waals surface area contributed by atoms with Gasteiger partial charge in [-0.25, -0.2) is 8.78 Å². The zero-order valence-corrected chi connectivity index (χ0v) is 8.24. The van der Waals surface area contributed by atoms with Crippen molar-refractivity contribution in [2.75, 3.05) is 0 Å².